The van der Waals surface area contributed by atoms with Gasteiger partial charge >= 0.3 is 5.97 Å². The number of epoxide rings is 1. The van der Waals surface area contributed by atoms with Crippen LogP contribution in [0.25, 0.3) is 11.1 Å². The van der Waals surface area contributed by atoms with Crippen molar-refractivity contribution in [2.75, 3.05) is 20.7 Å². The molecular formula is C49H60BrNO9. The number of carbonyl (C=O) groups is 3. The van der Waals surface area contributed by atoms with Crippen molar-refractivity contribution in [2.24, 2.45) is 28.6 Å². The number of nitrogens with zero attached hydrogens (tertiary/aromatic N) is 1. The molecule has 2 bridgehead atoms. The zero-order valence-corrected chi connectivity index (χ0v) is 37.2. The molecule has 0 radical (unpaired) electrons. The monoisotopic (exact) mass is 885 g/mol. The van der Waals surface area contributed by atoms with E-state index >= 15 is 0 Å². The molecule has 10 nitrogen and oxygen atoms in total. The molecule has 322 valence electrons. The third-order valence-electron chi connectivity index (χ3n) is 17.3. The van der Waals surface area contributed by atoms with Crippen LogP contribution in [0.15, 0.2) is 72.3 Å². The number of Topliss-reactive ketones (excluding diaryl/α,β-unsaturated/α-hetero) is 1. The second-order valence-electron chi connectivity index (χ2n) is 20.3. The van der Waals surface area contributed by atoms with Gasteiger partial charge in [0.25, 0.3) is 0 Å². The number of ether oxygens (including phenoxy) is 4. The van der Waals surface area contributed by atoms with Crippen LogP contribution in [0, 0.1) is 28.6 Å². The number of quaternary nitrogens is 1. The predicted molar refractivity (Wildman–Crippen MR) is 219 cm³/mol. The highest BCUT2D eigenvalue weighted by molar-refractivity contribution is 6.01. The number of fused-ring (bicyclic) bond motifs is 15. The van der Waals surface area contributed by atoms with Crippen molar-refractivity contribution in [3.63, 3.8) is 0 Å². The van der Waals surface area contributed by atoms with E-state index in [1.165, 1.54) is 0 Å². The number of hydrogen-bond donors (Lipinski definition) is 2. The molecule has 2 N–H and O–H groups in total. The molecule has 11 rings (SSSR count). The Balaban J connectivity index is 0.000000152. The summed E-state index contributed by atoms with van der Waals surface area (Å²) in [4.78, 5) is 38.8. The van der Waals surface area contributed by atoms with Gasteiger partial charge in [-0.05, 0) is 85.3 Å². The smallest absolute Gasteiger partial charge is 0.321 e. The van der Waals surface area contributed by atoms with Crippen LogP contribution >= 0.6 is 0 Å². The van der Waals surface area contributed by atoms with Crippen LogP contribution in [-0.2, 0) is 38.7 Å². The van der Waals surface area contributed by atoms with Gasteiger partial charge in [0.05, 0.1) is 26.3 Å². The Kier molecular flexibility index (Phi) is 10.2. The number of ketones is 2. The van der Waals surface area contributed by atoms with Gasteiger partial charge in [0.15, 0.2) is 23.5 Å². The molecule has 2 unspecified atom stereocenters. The van der Waals surface area contributed by atoms with Crippen LogP contribution in [0.5, 0.6) is 0 Å². The molecule has 11 heteroatoms. The fraction of sp³-hybridized carbons (Fsp3) is 0.612. The van der Waals surface area contributed by atoms with E-state index < -0.39 is 41.5 Å². The fourth-order valence-corrected chi connectivity index (χ4v) is 14.4. The zero-order valence-electron chi connectivity index (χ0n) is 35.6. The van der Waals surface area contributed by atoms with Crippen LogP contribution in [0.4, 0.5) is 0 Å². The molecular weight excluding hydrogens is 826 g/mol. The standard InChI is InChI=1S/C25H34O6.C24H26NO3.BrH/c1-4-5-21-30-20-11-17-16-7-6-14-10-15(27)8-9-23(14,2)22(16)18(28)12-24(17,3)25(20,31-21)19(29)13-26;1-24(17-10-6-4-8-15(17)16-9-5-7-11-18(16)24)23(26)27-14-12-19-21-22(28-21)20(13-14)25(19,2)3;/h8-10,16-18,20-22,26,28H,4-7,11-13H2,1-3H3;4-11,14,19-22H,12-13H2,1-3H3;1H/q;+1;/p-1/t16-,17-,18-,20+,21?,22+,23-,24-,25+;14?,19-,20+,21-,22+;/m0../s1. The maximum Gasteiger partial charge on any atom is 0.321 e. The highest BCUT2D eigenvalue weighted by Gasteiger charge is 2.76. The van der Waals surface area contributed by atoms with Crippen molar-refractivity contribution in [2.45, 2.75) is 139 Å². The number of allylic oxidation sites excluding steroid dienone is 4. The number of aliphatic hydroxyl groups excluding tert-OH is 2. The number of likely N-dealkylation sites (N-methyl/N-ethyl adjacent to an activating group) is 1. The van der Waals surface area contributed by atoms with Crippen LogP contribution in [0.3, 0.4) is 0 Å². The molecule has 4 heterocycles. The highest BCUT2D eigenvalue weighted by Crippen LogP contribution is 2.70. The molecule has 3 saturated carbocycles. The first-order valence-electron chi connectivity index (χ1n) is 22.1. The largest absolute Gasteiger partial charge is 1.00 e. The maximum absolute atomic E-state index is 13.6. The third kappa shape index (κ3) is 5.68. The Bertz CT molecular complexity index is 2100. The van der Waals surface area contributed by atoms with Crippen molar-refractivity contribution < 1.29 is 65.0 Å². The molecule has 2 aromatic carbocycles. The Labute approximate surface area is 364 Å². The van der Waals surface area contributed by atoms with Crippen molar-refractivity contribution in [3.05, 3.63) is 83.5 Å². The van der Waals surface area contributed by atoms with Gasteiger partial charge in [-0.3, -0.25) is 14.4 Å². The van der Waals surface area contributed by atoms with Crippen molar-refractivity contribution in [1.82, 2.24) is 0 Å². The Morgan fingerprint density at radius 3 is 2.18 bits per heavy atom. The number of hydrogen-bond acceptors (Lipinski definition) is 9. The second-order valence-corrected chi connectivity index (χ2v) is 20.3. The summed E-state index contributed by atoms with van der Waals surface area (Å²) < 4.78 is 25.8. The van der Waals surface area contributed by atoms with E-state index in [1.807, 2.05) is 37.3 Å². The Morgan fingerprint density at radius 1 is 0.933 bits per heavy atom. The number of esters is 1. The summed E-state index contributed by atoms with van der Waals surface area (Å²) in [5, 5.41) is 21.4. The van der Waals surface area contributed by atoms with E-state index in [-0.39, 0.29) is 63.8 Å². The van der Waals surface area contributed by atoms with Gasteiger partial charge in [0.2, 0.25) is 0 Å². The summed E-state index contributed by atoms with van der Waals surface area (Å²) in [6.07, 6.45) is 10.8. The van der Waals surface area contributed by atoms with Gasteiger partial charge in [-0.1, -0.05) is 87.4 Å². The third-order valence-corrected chi connectivity index (χ3v) is 17.3. The highest BCUT2D eigenvalue weighted by atomic mass is 79.9. The first-order chi connectivity index (χ1) is 28.1. The van der Waals surface area contributed by atoms with Crippen molar-refractivity contribution in [1.29, 1.82) is 0 Å². The summed E-state index contributed by atoms with van der Waals surface area (Å²) in [7, 11) is 4.60. The summed E-state index contributed by atoms with van der Waals surface area (Å²) in [6, 6.07) is 17.4. The minimum Gasteiger partial charge on any atom is -1.00 e. The van der Waals surface area contributed by atoms with Gasteiger partial charge in [-0.25, -0.2) is 0 Å². The predicted octanol–water partition coefficient (Wildman–Crippen LogP) is 2.99. The lowest BCUT2D eigenvalue weighted by Gasteiger charge is -2.59. The maximum atomic E-state index is 13.6. The molecule has 5 aliphatic carbocycles. The SMILES string of the molecule is CC1(C(=O)OC2C[C@@H]3[C@H]4O[C@H]4[C@H](C2)[N+]3(C)C)c2ccccc2-c2ccccc21.CCCC1O[C@@H]2C[C@H]3[C@@H]4CCC5=CC(=O)C=C[C@]5(C)[C@H]4[C@@H](O)C[C@]3(C)[C@]2(C(=O)CO)O1.[Br-]. The molecule has 14 atom stereocenters. The van der Waals surface area contributed by atoms with Crippen LogP contribution in [-0.4, -0.2) is 107 Å². The molecule has 60 heavy (non-hydrogen) atoms. The van der Waals surface area contributed by atoms with Gasteiger partial charge < -0.3 is 50.6 Å². The number of piperidine rings is 1. The lowest BCUT2D eigenvalue weighted by atomic mass is 9.46. The Hall–Kier alpha value is -3.03. The number of aliphatic hydroxyl groups is 2. The van der Waals surface area contributed by atoms with Crippen LogP contribution < -0.4 is 17.0 Å². The molecule has 7 fully saturated rings. The normalized spacial score (nSPS) is 42.3. The Morgan fingerprint density at radius 2 is 1.57 bits per heavy atom. The molecule has 0 amide bonds. The number of halogens is 1. The average Bonchev–Trinajstić information content (AvgIpc) is 3.73. The van der Waals surface area contributed by atoms with Crippen molar-refractivity contribution >= 4 is 17.5 Å². The molecule has 0 aromatic heterocycles. The fourth-order valence-electron chi connectivity index (χ4n) is 14.4. The van der Waals surface area contributed by atoms with Crippen molar-refractivity contribution in [3.8, 4) is 11.1 Å². The van der Waals surface area contributed by atoms with Crippen LogP contribution in [0.2, 0.25) is 0 Å². The van der Waals surface area contributed by atoms with Gasteiger partial charge in [-0.2, -0.15) is 0 Å². The van der Waals surface area contributed by atoms with E-state index in [9.17, 15) is 24.6 Å². The molecule has 0 spiro atoms. The second kappa shape index (κ2) is 14.5. The minimum absolute atomic E-state index is 0. The number of rotatable bonds is 6. The quantitative estimate of drug-likeness (QED) is 0.256. The van der Waals surface area contributed by atoms with Gasteiger partial charge in [0, 0.05) is 29.6 Å². The lowest BCUT2D eigenvalue weighted by Crippen LogP contribution is -3.00. The summed E-state index contributed by atoms with van der Waals surface area (Å²) in [6.45, 7) is 7.70. The number of morpholine rings is 1. The van der Waals surface area contributed by atoms with E-state index in [4.69, 9.17) is 18.9 Å². The van der Waals surface area contributed by atoms with E-state index in [2.05, 4.69) is 59.1 Å². The molecule has 4 aliphatic heterocycles. The summed E-state index contributed by atoms with van der Waals surface area (Å²) in [5.74, 6) is -0.0873. The van der Waals surface area contributed by atoms with E-state index in [0.29, 0.717) is 43.6 Å². The van der Waals surface area contributed by atoms with Crippen LogP contribution in [0.1, 0.15) is 90.2 Å². The minimum atomic E-state index is -1.20. The summed E-state index contributed by atoms with van der Waals surface area (Å²) >= 11 is 0. The topological polar surface area (TPSA) is 132 Å². The first kappa shape index (κ1) is 42.3. The lowest BCUT2D eigenvalue weighted by molar-refractivity contribution is -0.938. The number of carbonyl (C=O) groups excluding carboxylic acids is 3. The average molecular weight is 887 g/mol. The molecule has 4 saturated heterocycles. The number of benzene rings is 2. The van der Waals surface area contributed by atoms with Gasteiger partial charge in [0.1, 0.15) is 42.4 Å². The van der Waals surface area contributed by atoms with E-state index in [1.54, 1.807) is 12.2 Å². The molecule has 2 aromatic rings. The van der Waals surface area contributed by atoms with E-state index in [0.717, 1.165) is 64.4 Å². The van der Waals surface area contributed by atoms with Gasteiger partial charge in [-0.15, -0.1) is 0 Å². The zero-order chi connectivity index (χ0) is 41.4. The molecule has 9 aliphatic rings. The first-order valence-corrected chi connectivity index (χ1v) is 22.1. The summed E-state index contributed by atoms with van der Waals surface area (Å²) in [5.41, 5.74) is 2.62.